The highest BCUT2D eigenvalue weighted by Gasteiger charge is 2.22. The van der Waals surface area contributed by atoms with Crippen molar-refractivity contribution >= 4 is 28.2 Å². The molecule has 0 atom stereocenters. The highest BCUT2D eigenvalue weighted by molar-refractivity contribution is 7.17. The second-order valence-electron chi connectivity index (χ2n) is 4.23. The Bertz CT molecular complexity index is 621. The van der Waals surface area contributed by atoms with Gasteiger partial charge in [-0.1, -0.05) is 11.3 Å². The maximum absolute atomic E-state index is 11.8. The van der Waals surface area contributed by atoms with Gasteiger partial charge in [0, 0.05) is 31.8 Å². The molecular weight excluding hydrogens is 292 g/mol. The van der Waals surface area contributed by atoms with E-state index in [4.69, 9.17) is 4.74 Å². The zero-order valence-electron chi connectivity index (χ0n) is 11.8. The third-order valence-electron chi connectivity index (χ3n) is 2.64. The van der Waals surface area contributed by atoms with Crippen molar-refractivity contribution in [1.82, 2.24) is 15.0 Å². The van der Waals surface area contributed by atoms with E-state index in [0.717, 1.165) is 23.5 Å². The predicted molar refractivity (Wildman–Crippen MR) is 78.9 cm³/mol. The molecule has 112 valence electrons. The number of carbonyl (C=O) groups excluding carboxylic acids is 2. The van der Waals surface area contributed by atoms with E-state index in [2.05, 4.69) is 20.3 Å². The van der Waals surface area contributed by atoms with Gasteiger partial charge in [0.1, 0.15) is 4.88 Å². The third-order valence-corrected chi connectivity index (χ3v) is 3.76. The molecule has 0 fully saturated rings. The van der Waals surface area contributed by atoms with Crippen LogP contribution in [0, 0.1) is 0 Å². The number of anilines is 1. The van der Waals surface area contributed by atoms with E-state index in [0.29, 0.717) is 16.6 Å². The second-order valence-corrected chi connectivity index (χ2v) is 5.23. The summed E-state index contributed by atoms with van der Waals surface area (Å²) in [4.78, 5) is 34.7. The van der Waals surface area contributed by atoms with Crippen LogP contribution in [-0.4, -0.2) is 39.9 Å². The number of nitrogens with one attached hydrogen (secondary N) is 2. The molecule has 2 aromatic rings. The number of hydrogen-bond acceptors (Lipinski definition) is 7. The number of ether oxygens (including phenoxy) is 1. The average molecular weight is 308 g/mol. The Morgan fingerprint density at radius 2 is 2.29 bits per heavy atom. The fourth-order valence-electron chi connectivity index (χ4n) is 1.70. The van der Waals surface area contributed by atoms with Gasteiger partial charge in [-0.05, 0) is 6.92 Å². The molecule has 21 heavy (non-hydrogen) atoms. The molecule has 2 rings (SSSR count). The van der Waals surface area contributed by atoms with Crippen LogP contribution in [0.3, 0.4) is 0 Å². The van der Waals surface area contributed by atoms with Gasteiger partial charge in [0.15, 0.2) is 16.6 Å². The summed E-state index contributed by atoms with van der Waals surface area (Å²) < 4.78 is 4.91. The molecule has 2 heterocycles. The summed E-state index contributed by atoms with van der Waals surface area (Å²) in [6, 6.07) is 0. The Balaban J connectivity index is 2.04. The van der Waals surface area contributed by atoms with Gasteiger partial charge >= 0.3 is 5.97 Å². The Morgan fingerprint density at radius 3 is 2.90 bits per heavy atom. The number of rotatable bonds is 7. The number of esters is 1. The summed E-state index contributed by atoms with van der Waals surface area (Å²) in [7, 11) is 0. The number of nitrogens with zero attached hydrogens (tertiary/aromatic N) is 2. The second kappa shape index (κ2) is 6.98. The summed E-state index contributed by atoms with van der Waals surface area (Å²) in [5.41, 5.74) is 1.08. The van der Waals surface area contributed by atoms with Crippen molar-refractivity contribution in [3.63, 3.8) is 0 Å². The normalized spacial score (nSPS) is 10.4. The first-order chi connectivity index (χ1) is 10.1. The molecule has 0 bridgehead atoms. The number of aromatic nitrogens is 3. The fraction of sp³-hybridized carbons (Fsp3) is 0.385. The summed E-state index contributed by atoms with van der Waals surface area (Å²) in [6.07, 6.45) is 4.10. The van der Waals surface area contributed by atoms with Crippen LogP contribution in [0.1, 0.15) is 39.7 Å². The summed E-state index contributed by atoms with van der Waals surface area (Å²) in [5.74, 6) is -0.766. The minimum Gasteiger partial charge on any atom is -0.461 e. The predicted octanol–water partition coefficient (Wildman–Crippen LogP) is 1.90. The zero-order valence-corrected chi connectivity index (χ0v) is 12.6. The van der Waals surface area contributed by atoms with E-state index >= 15 is 0 Å². The van der Waals surface area contributed by atoms with Crippen molar-refractivity contribution < 1.29 is 14.3 Å². The summed E-state index contributed by atoms with van der Waals surface area (Å²) in [6.45, 7) is 3.98. The molecule has 0 spiro atoms. The number of imidazole rings is 1. The Kier molecular flexibility index (Phi) is 5.04. The highest BCUT2D eigenvalue weighted by Crippen LogP contribution is 2.24. The van der Waals surface area contributed by atoms with E-state index in [1.807, 2.05) is 0 Å². The molecule has 0 aliphatic carbocycles. The minimum absolute atomic E-state index is 0.0818. The van der Waals surface area contributed by atoms with Crippen LogP contribution >= 0.6 is 11.3 Å². The first-order valence-electron chi connectivity index (χ1n) is 6.51. The molecule has 0 radical (unpaired) electrons. The molecule has 0 saturated carbocycles. The van der Waals surface area contributed by atoms with Crippen LogP contribution < -0.4 is 5.32 Å². The van der Waals surface area contributed by atoms with Gasteiger partial charge in [-0.15, -0.1) is 0 Å². The number of H-pyrrole nitrogens is 1. The van der Waals surface area contributed by atoms with Gasteiger partial charge in [-0.25, -0.2) is 14.8 Å². The lowest BCUT2D eigenvalue weighted by Gasteiger charge is -2.00. The number of hydrogen-bond donors (Lipinski definition) is 2. The van der Waals surface area contributed by atoms with Crippen LogP contribution in [0.4, 0.5) is 5.13 Å². The minimum atomic E-state index is -0.569. The van der Waals surface area contributed by atoms with Crippen molar-refractivity contribution in [3.05, 3.63) is 28.8 Å². The Morgan fingerprint density at radius 1 is 1.48 bits per heavy atom. The van der Waals surface area contributed by atoms with E-state index in [9.17, 15) is 9.59 Å². The van der Waals surface area contributed by atoms with Crippen LogP contribution in [-0.2, 0) is 11.2 Å². The monoisotopic (exact) mass is 308 g/mol. The first-order valence-corrected chi connectivity index (χ1v) is 7.33. The number of thiazole rings is 1. The molecule has 2 aromatic heterocycles. The lowest BCUT2D eigenvalue weighted by molar-refractivity contribution is 0.0517. The molecule has 2 N–H and O–H groups in total. The number of aromatic amines is 1. The average Bonchev–Trinajstić information content (AvgIpc) is 3.08. The number of ketones is 1. The Hall–Kier alpha value is -2.22. The number of Topliss-reactive ketones (excluding diaryl/α,β-unsaturated/α-hetero) is 1. The molecule has 0 amide bonds. The standard InChI is InChI=1S/C13H16N4O3S/c1-3-20-12(19)10-11(8(2)18)21-13(17-10)15-5-4-9-6-14-7-16-9/h6-7H,3-5H2,1-2H3,(H,14,16)(H,15,17). The lowest BCUT2D eigenvalue weighted by atomic mass is 10.3. The Labute approximate surface area is 125 Å². The van der Waals surface area contributed by atoms with Crippen molar-refractivity contribution in [2.75, 3.05) is 18.5 Å². The lowest BCUT2D eigenvalue weighted by Crippen LogP contribution is -2.10. The summed E-state index contributed by atoms with van der Waals surface area (Å²) in [5, 5.41) is 3.63. The van der Waals surface area contributed by atoms with Crippen LogP contribution in [0.25, 0.3) is 0 Å². The van der Waals surface area contributed by atoms with Crippen LogP contribution in [0.2, 0.25) is 0 Å². The van der Waals surface area contributed by atoms with Gasteiger partial charge in [0.05, 0.1) is 12.9 Å². The molecular formula is C13H16N4O3S. The number of carbonyl (C=O) groups is 2. The van der Waals surface area contributed by atoms with Gasteiger partial charge in [-0.3, -0.25) is 4.79 Å². The molecule has 0 saturated heterocycles. The topological polar surface area (TPSA) is 97.0 Å². The third kappa shape index (κ3) is 3.88. The van der Waals surface area contributed by atoms with Gasteiger partial charge in [0.25, 0.3) is 0 Å². The van der Waals surface area contributed by atoms with E-state index in [-0.39, 0.29) is 18.1 Å². The molecule has 0 aliphatic rings. The van der Waals surface area contributed by atoms with E-state index in [1.165, 1.54) is 6.92 Å². The first kappa shape index (κ1) is 15.2. The van der Waals surface area contributed by atoms with Crippen LogP contribution in [0.5, 0.6) is 0 Å². The molecule has 0 unspecified atom stereocenters. The maximum atomic E-state index is 11.8. The fourth-order valence-corrected chi connectivity index (χ4v) is 2.57. The largest absolute Gasteiger partial charge is 0.461 e. The molecule has 8 heteroatoms. The molecule has 7 nitrogen and oxygen atoms in total. The summed E-state index contributed by atoms with van der Waals surface area (Å²) >= 11 is 1.16. The SMILES string of the molecule is CCOC(=O)c1nc(NCCc2cnc[nH]2)sc1C(C)=O. The quantitative estimate of drug-likeness (QED) is 0.599. The van der Waals surface area contributed by atoms with Gasteiger partial charge < -0.3 is 15.0 Å². The van der Waals surface area contributed by atoms with Gasteiger partial charge in [-0.2, -0.15) is 0 Å². The zero-order chi connectivity index (χ0) is 15.2. The van der Waals surface area contributed by atoms with E-state index in [1.54, 1.807) is 19.4 Å². The van der Waals surface area contributed by atoms with Crippen molar-refractivity contribution in [3.8, 4) is 0 Å². The molecule has 0 aliphatic heterocycles. The van der Waals surface area contributed by atoms with Crippen molar-refractivity contribution in [2.24, 2.45) is 0 Å². The van der Waals surface area contributed by atoms with Crippen molar-refractivity contribution in [2.45, 2.75) is 20.3 Å². The van der Waals surface area contributed by atoms with E-state index < -0.39 is 5.97 Å². The maximum Gasteiger partial charge on any atom is 0.358 e. The van der Waals surface area contributed by atoms with Crippen LogP contribution in [0.15, 0.2) is 12.5 Å². The van der Waals surface area contributed by atoms with Crippen molar-refractivity contribution in [1.29, 1.82) is 0 Å². The smallest absolute Gasteiger partial charge is 0.358 e. The highest BCUT2D eigenvalue weighted by atomic mass is 32.1. The molecule has 0 aromatic carbocycles. The van der Waals surface area contributed by atoms with Gasteiger partial charge in [0.2, 0.25) is 0 Å².